The lowest BCUT2D eigenvalue weighted by Crippen LogP contribution is -2.42. The second kappa shape index (κ2) is 8.90. The molecule has 0 aromatic rings. The summed E-state index contributed by atoms with van der Waals surface area (Å²) in [5, 5.41) is 0. The maximum atomic E-state index is 5.67. The van der Waals surface area contributed by atoms with Crippen LogP contribution in [0.1, 0.15) is 33.6 Å². The molecule has 4 heteroatoms. The van der Waals surface area contributed by atoms with Crippen molar-refractivity contribution in [2.45, 2.75) is 39.7 Å². The van der Waals surface area contributed by atoms with Crippen molar-refractivity contribution in [2.75, 3.05) is 26.8 Å². The summed E-state index contributed by atoms with van der Waals surface area (Å²) in [5.41, 5.74) is 5.67. The SMILES string of the molecule is CCC(CC)N(CCOC)CC(C)C(N)=S. The Balaban J connectivity index is 4.34. The van der Waals surface area contributed by atoms with Gasteiger partial charge in [0.15, 0.2) is 0 Å². The van der Waals surface area contributed by atoms with E-state index < -0.39 is 0 Å². The van der Waals surface area contributed by atoms with Gasteiger partial charge in [-0.05, 0) is 12.8 Å². The Morgan fingerprint density at radius 3 is 2.31 bits per heavy atom. The van der Waals surface area contributed by atoms with Crippen molar-refractivity contribution in [3.8, 4) is 0 Å². The summed E-state index contributed by atoms with van der Waals surface area (Å²) in [4.78, 5) is 3.04. The quantitative estimate of drug-likeness (QED) is 0.632. The molecule has 1 unspecified atom stereocenters. The monoisotopic (exact) mass is 246 g/mol. The highest BCUT2D eigenvalue weighted by molar-refractivity contribution is 7.80. The van der Waals surface area contributed by atoms with E-state index >= 15 is 0 Å². The maximum absolute atomic E-state index is 5.67. The second-order valence-electron chi connectivity index (χ2n) is 4.26. The van der Waals surface area contributed by atoms with Gasteiger partial charge in [0.25, 0.3) is 0 Å². The van der Waals surface area contributed by atoms with Gasteiger partial charge in [-0.3, -0.25) is 4.90 Å². The van der Waals surface area contributed by atoms with Crippen LogP contribution in [0.15, 0.2) is 0 Å². The van der Waals surface area contributed by atoms with Crippen LogP contribution in [-0.2, 0) is 4.74 Å². The average molecular weight is 246 g/mol. The van der Waals surface area contributed by atoms with Gasteiger partial charge < -0.3 is 10.5 Å². The van der Waals surface area contributed by atoms with Crippen LogP contribution in [0.2, 0.25) is 0 Å². The molecule has 2 N–H and O–H groups in total. The predicted octanol–water partition coefficient (Wildman–Crippen LogP) is 2.05. The summed E-state index contributed by atoms with van der Waals surface area (Å²) in [6.07, 6.45) is 2.31. The highest BCUT2D eigenvalue weighted by Gasteiger charge is 2.18. The van der Waals surface area contributed by atoms with Crippen molar-refractivity contribution in [1.29, 1.82) is 0 Å². The standard InChI is InChI=1S/C12H26N2OS/c1-5-11(6-2)14(7-8-15-4)9-10(3)12(13)16/h10-11H,5-9H2,1-4H3,(H2,13,16). The van der Waals surface area contributed by atoms with Gasteiger partial charge in [0.05, 0.1) is 11.6 Å². The van der Waals surface area contributed by atoms with Gasteiger partial charge in [-0.2, -0.15) is 0 Å². The molecule has 0 spiro atoms. The first-order chi connectivity index (χ1) is 7.56. The van der Waals surface area contributed by atoms with Crippen LogP contribution in [-0.4, -0.2) is 42.7 Å². The molecule has 0 aliphatic carbocycles. The number of ether oxygens (including phenoxy) is 1. The summed E-state index contributed by atoms with van der Waals surface area (Å²) in [7, 11) is 1.74. The fourth-order valence-corrected chi connectivity index (χ4v) is 1.95. The molecule has 0 aliphatic heterocycles. The van der Waals surface area contributed by atoms with Gasteiger partial charge in [-0.25, -0.2) is 0 Å². The van der Waals surface area contributed by atoms with Gasteiger partial charge in [0.2, 0.25) is 0 Å². The molecule has 0 heterocycles. The van der Waals surface area contributed by atoms with Crippen molar-refractivity contribution in [2.24, 2.45) is 11.7 Å². The summed E-state index contributed by atoms with van der Waals surface area (Å²) in [5.74, 6) is 0.271. The lowest BCUT2D eigenvalue weighted by Gasteiger charge is -2.32. The molecule has 3 nitrogen and oxygen atoms in total. The third kappa shape index (κ3) is 5.77. The molecule has 0 radical (unpaired) electrons. The number of nitrogens with zero attached hydrogens (tertiary/aromatic N) is 1. The van der Waals surface area contributed by atoms with Crippen LogP contribution in [0.3, 0.4) is 0 Å². The van der Waals surface area contributed by atoms with Crippen molar-refractivity contribution in [3.63, 3.8) is 0 Å². The average Bonchev–Trinajstić information content (AvgIpc) is 2.26. The molecule has 0 aliphatic rings. The molecule has 1 atom stereocenters. The molecule has 0 amide bonds. The fourth-order valence-electron chi connectivity index (χ4n) is 1.88. The molecule has 0 saturated carbocycles. The Kier molecular flexibility index (Phi) is 8.80. The summed E-state index contributed by atoms with van der Waals surface area (Å²) < 4.78 is 5.15. The number of hydrogen-bond donors (Lipinski definition) is 1. The first-order valence-corrected chi connectivity index (χ1v) is 6.49. The van der Waals surface area contributed by atoms with E-state index in [1.807, 2.05) is 0 Å². The lowest BCUT2D eigenvalue weighted by atomic mass is 10.1. The Labute approximate surface area is 105 Å². The zero-order valence-electron chi connectivity index (χ0n) is 11.0. The summed E-state index contributed by atoms with van der Waals surface area (Å²) in [6.45, 7) is 9.19. The first kappa shape index (κ1) is 15.8. The van der Waals surface area contributed by atoms with Crippen molar-refractivity contribution in [1.82, 2.24) is 4.90 Å². The number of hydrogen-bond acceptors (Lipinski definition) is 3. The highest BCUT2D eigenvalue weighted by Crippen LogP contribution is 2.11. The first-order valence-electron chi connectivity index (χ1n) is 6.09. The predicted molar refractivity (Wildman–Crippen MR) is 73.8 cm³/mol. The topological polar surface area (TPSA) is 38.5 Å². The van der Waals surface area contributed by atoms with E-state index in [1.165, 1.54) is 0 Å². The number of rotatable bonds is 9. The Morgan fingerprint density at radius 2 is 1.94 bits per heavy atom. The second-order valence-corrected chi connectivity index (χ2v) is 4.73. The van der Waals surface area contributed by atoms with E-state index in [2.05, 4.69) is 25.7 Å². The smallest absolute Gasteiger partial charge is 0.0768 e. The van der Waals surface area contributed by atoms with Gasteiger partial charge >= 0.3 is 0 Å². The zero-order valence-corrected chi connectivity index (χ0v) is 11.8. The van der Waals surface area contributed by atoms with Gasteiger partial charge in [0, 0.05) is 32.2 Å². The van der Waals surface area contributed by atoms with Crippen LogP contribution in [0.4, 0.5) is 0 Å². The maximum Gasteiger partial charge on any atom is 0.0768 e. The Morgan fingerprint density at radius 1 is 1.38 bits per heavy atom. The normalized spacial score (nSPS) is 13.4. The molecule has 16 heavy (non-hydrogen) atoms. The summed E-state index contributed by atoms with van der Waals surface area (Å²) in [6, 6.07) is 0.604. The molecular formula is C12H26N2OS. The van der Waals surface area contributed by atoms with Gasteiger partial charge in [0.1, 0.15) is 0 Å². The van der Waals surface area contributed by atoms with E-state index in [-0.39, 0.29) is 5.92 Å². The Bertz CT molecular complexity index is 195. The number of methoxy groups -OCH3 is 1. The molecule has 0 fully saturated rings. The molecule has 0 aromatic heterocycles. The molecule has 0 aromatic carbocycles. The van der Waals surface area contributed by atoms with Gasteiger partial charge in [-0.1, -0.05) is 33.0 Å². The zero-order chi connectivity index (χ0) is 12.6. The molecule has 0 rings (SSSR count). The third-order valence-corrected chi connectivity index (χ3v) is 3.44. The van der Waals surface area contributed by atoms with E-state index in [0.29, 0.717) is 11.0 Å². The van der Waals surface area contributed by atoms with Crippen LogP contribution in [0.5, 0.6) is 0 Å². The van der Waals surface area contributed by atoms with Crippen molar-refractivity contribution >= 4 is 17.2 Å². The minimum atomic E-state index is 0.271. The minimum absolute atomic E-state index is 0.271. The largest absolute Gasteiger partial charge is 0.393 e. The van der Waals surface area contributed by atoms with E-state index in [9.17, 15) is 0 Å². The van der Waals surface area contributed by atoms with Crippen LogP contribution < -0.4 is 5.73 Å². The molecule has 0 bridgehead atoms. The minimum Gasteiger partial charge on any atom is -0.393 e. The highest BCUT2D eigenvalue weighted by atomic mass is 32.1. The molecular weight excluding hydrogens is 220 g/mol. The van der Waals surface area contributed by atoms with Crippen molar-refractivity contribution in [3.05, 3.63) is 0 Å². The summed E-state index contributed by atoms with van der Waals surface area (Å²) >= 11 is 5.03. The lowest BCUT2D eigenvalue weighted by molar-refractivity contribution is 0.110. The number of thiocarbonyl (C=S) groups is 1. The fraction of sp³-hybridized carbons (Fsp3) is 0.917. The number of nitrogens with two attached hydrogens (primary N) is 1. The van der Waals surface area contributed by atoms with Crippen molar-refractivity contribution < 1.29 is 4.74 Å². The molecule has 96 valence electrons. The van der Waals surface area contributed by atoms with E-state index in [0.717, 1.165) is 32.5 Å². The van der Waals surface area contributed by atoms with Crippen LogP contribution in [0.25, 0.3) is 0 Å². The Hall–Kier alpha value is -0.190. The molecule has 0 saturated heterocycles. The van der Waals surface area contributed by atoms with Crippen LogP contribution in [0, 0.1) is 5.92 Å². The van der Waals surface area contributed by atoms with E-state index in [1.54, 1.807) is 7.11 Å². The van der Waals surface area contributed by atoms with Crippen LogP contribution >= 0.6 is 12.2 Å². The van der Waals surface area contributed by atoms with Gasteiger partial charge in [-0.15, -0.1) is 0 Å². The third-order valence-electron chi connectivity index (χ3n) is 3.04. The van der Waals surface area contributed by atoms with E-state index in [4.69, 9.17) is 22.7 Å².